The molecular formula is C24H22N2O4S. The number of esters is 1. The van der Waals surface area contributed by atoms with Gasteiger partial charge in [0, 0.05) is 12.5 Å². The highest BCUT2D eigenvalue weighted by Gasteiger charge is 2.28. The van der Waals surface area contributed by atoms with E-state index in [0.29, 0.717) is 11.5 Å². The predicted molar refractivity (Wildman–Crippen MR) is 120 cm³/mol. The van der Waals surface area contributed by atoms with E-state index >= 15 is 0 Å². The molecule has 1 heterocycles. The zero-order valence-electron chi connectivity index (χ0n) is 17.0. The van der Waals surface area contributed by atoms with Gasteiger partial charge in [-0.3, -0.25) is 0 Å². The molecule has 0 radical (unpaired) electrons. The molecule has 1 aromatic heterocycles. The monoisotopic (exact) mass is 434 g/mol. The molecule has 0 saturated carbocycles. The molecule has 158 valence electrons. The van der Waals surface area contributed by atoms with Gasteiger partial charge < -0.3 is 14.8 Å². The van der Waals surface area contributed by atoms with Gasteiger partial charge in [0.25, 0.3) is 0 Å². The molecule has 1 N–H and O–H groups in total. The number of alkyl carbamates (subject to hydrolysis) is 1. The van der Waals surface area contributed by atoms with Crippen LogP contribution in [0.3, 0.4) is 0 Å². The zero-order chi connectivity index (χ0) is 21.6. The maximum Gasteiger partial charge on any atom is 0.407 e. The number of aromatic nitrogens is 1. The summed E-state index contributed by atoms with van der Waals surface area (Å²) in [6, 6.07) is 16.4. The summed E-state index contributed by atoms with van der Waals surface area (Å²) < 4.78 is 10.5. The minimum absolute atomic E-state index is 0.0259. The SMILES string of the molecule is CCOC(=O)c1ncsc1C=CCNC(=O)OCC1c2ccccc2-c2ccccc21. The lowest BCUT2D eigenvalue weighted by atomic mass is 9.98. The molecule has 7 heteroatoms. The minimum atomic E-state index is -0.485. The van der Waals surface area contributed by atoms with Crippen LogP contribution >= 0.6 is 11.3 Å². The first-order chi connectivity index (χ1) is 15.2. The molecule has 0 saturated heterocycles. The van der Waals surface area contributed by atoms with Crippen LogP contribution in [-0.2, 0) is 9.47 Å². The predicted octanol–water partition coefficient (Wildman–Crippen LogP) is 4.87. The van der Waals surface area contributed by atoms with Crippen LogP contribution in [0.4, 0.5) is 4.79 Å². The largest absolute Gasteiger partial charge is 0.461 e. The summed E-state index contributed by atoms with van der Waals surface area (Å²) in [5, 5.41) is 2.71. The van der Waals surface area contributed by atoms with Crippen molar-refractivity contribution in [3.05, 3.63) is 81.8 Å². The fourth-order valence-corrected chi connectivity index (χ4v) is 4.38. The van der Waals surface area contributed by atoms with Gasteiger partial charge in [0.15, 0.2) is 5.69 Å². The van der Waals surface area contributed by atoms with Gasteiger partial charge in [-0.25, -0.2) is 14.6 Å². The molecule has 0 unspecified atom stereocenters. The molecule has 1 amide bonds. The molecule has 2 aromatic carbocycles. The third-order valence-electron chi connectivity index (χ3n) is 5.04. The van der Waals surface area contributed by atoms with E-state index < -0.39 is 12.1 Å². The molecule has 0 spiro atoms. The number of thiazole rings is 1. The molecule has 3 aromatic rings. The number of hydrogen-bond donors (Lipinski definition) is 1. The highest BCUT2D eigenvalue weighted by Crippen LogP contribution is 2.44. The van der Waals surface area contributed by atoms with Gasteiger partial charge in [0.05, 0.1) is 17.0 Å². The second-order valence-corrected chi connectivity index (χ2v) is 7.78. The Morgan fingerprint density at radius 1 is 1.06 bits per heavy atom. The van der Waals surface area contributed by atoms with Crippen LogP contribution in [0.1, 0.15) is 39.3 Å². The number of carbonyl (C=O) groups is 2. The van der Waals surface area contributed by atoms with Crippen LogP contribution in [0, 0.1) is 0 Å². The second-order valence-electron chi connectivity index (χ2n) is 6.89. The summed E-state index contributed by atoms with van der Waals surface area (Å²) in [7, 11) is 0. The average Bonchev–Trinajstić information content (AvgIpc) is 3.38. The van der Waals surface area contributed by atoms with Crippen LogP contribution in [0.25, 0.3) is 17.2 Å². The van der Waals surface area contributed by atoms with E-state index in [0.717, 1.165) is 0 Å². The number of ether oxygens (including phenoxy) is 2. The number of amides is 1. The number of fused-ring (bicyclic) bond motifs is 3. The molecule has 4 rings (SSSR count). The summed E-state index contributed by atoms with van der Waals surface area (Å²) in [6.07, 6.45) is 3.01. The third-order valence-corrected chi connectivity index (χ3v) is 5.83. The molecule has 1 aliphatic carbocycles. The van der Waals surface area contributed by atoms with Crippen LogP contribution < -0.4 is 5.32 Å². The number of nitrogens with zero attached hydrogens (tertiary/aromatic N) is 1. The summed E-state index contributed by atoms with van der Waals surface area (Å²) in [5.74, 6) is -0.425. The van der Waals surface area contributed by atoms with Gasteiger partial charge in [-0.2, -0.15) is 0 Å². The standard InChI is InChI=1S/C24H22N2O4S/c1-2-29-23(27)22-21(31-15-26-22)12-7-13-25-24(28)30-14-20-18-10-5-3-8-16(18)17-9-4-6-11-19(17)20/h3-12,15,20H,2,13-14H2,1H3,(H,25,28). The topological polar surface area (TPSA) is 77.5 Å². The summed E-state index contributed by atoms with van der Waals surface area (Å²) in [6.45, 7) is 2.59. The molecule has 0 fully saturated rings. The molecule has 0 bridgehead atoms. The van der Waals surface area contributed by atoms with Crippen LogP contribution in [0.5, 0.6) is 0 Å². The lowest BCUT2D eigenvalue weighted by Crippen LogP contribution is -2.26. The van der Waals surface area contributed by atoms with Gasteiger partial charge >= 0.3 is 12.1 Å². The Kier molecular flexibility index (Phi) is 6.43. The van der Waals surface area contributed by atoms with E-state index in [4.69, 9.17) is 9.47 Å². The van der Waals surface area contributed by atoms with Crippen molar-refractivity contribution in [2.24, 2.45) is 0 Å². The Balaban J connectivity index is 1.31. The van der Waals surface area contributed by atoms with Crippen molar-refractivity contribution >= 4 is 29.5 Å². The van der Waals surface area contributed by atoms with Crippen molar-refractivity contribution in [2.75, 3.05) is 19.8 Å². The van der Waals surface area contributed by atoms with Gasteiger partial charge in [-0.15, -0.1) is 11.3 Å². The van der Waals surface area contributed by atoms with E-state index in [2.05, 4.69) is 34.6 Å². The highest BCUT2D eigenvalue weighted by atomic mass is 32.1. The van der Waals surface area contributed by atoms with Crippen molar-refractivity contribution in [1.82, 2.24) is 10.3 Å². The Labute approximate surface area is 184 Å². The number of nitrogens with one attached hydrogen (secondary N) is 1. The molecule has 1 aliphatic rings. The minimum Gasteiger partial charge on any atom is -0.461 e. The fraction of sp³-hybridized carbons (Fsp3) is 0.208. The number of hydrogen-bond acceptors (Lipinski definition) is 6. The first-order valence-corrected chi connectivity index (χ1v) is 10.9. The van der Waals surface area contributed by atoms with Gasteiger partial charge in [0.1, 0.15) is 6.61 Å². The van der Waals surface area contributed by atoms with Crippen molar-refractivity contribution in [2.45, 2.75) is 12.8 Å². The van der Waals surface area contributed by atoms with Crippen molar-refractivity contribution in [3.8, 4) is 11.1 Å². The first kappa shape index (κ1) is 20.8. The van der Waals surface area contributed by atoms with E-state index in [9.17, 15) is 9.59 Å². The maximum atomic E-state index is 12.2. The van der Waals surface area contributed by atoms with Crippen LogP contribution in [-0.4, -0.2) is 36.8 Å². The zero-order valence-corrected chi connectivity index (χ0v) is 17.9. The fourth-order valence-electron chi connectivity index (χ4n) is 3.68. The van der Waals surface area contributed by atoms with Gasteiger partial charge in [-0.1, -0.05) is 54.6 Å². The maximum absolute atomic E-state index is 12.2. The van der Waals surface area contributed by atoms with E-state index in [1.807, 2.05) is 24.3 Å². The quantitative estimate of drug-likeness (QED) is 0.537. The number of rotatable bonds is 7. The average molecular weight is 435 g/mol. The lowest BCUT2D eigenvalue weighted by Gasteiger charge is -2.14. The van der Waals surface area contributed by atoms with Gasteiger partial charge in [0.2, 0.25) is 0 Å². The molecule has 0 aliphatic heterocycles. The molecule has 31 heavy (non-hydrogen) atoms. The molecule has 0 atom stereocenters. The molecule has 6 nitrogen and oxygen atoms in total. The summed E-state index contributed by atoms with van der Waals surface area (Å²) >= 11 is 1.33. The second kappa shape index (κ2) is 9.57. The van der Waals surface area contributed by atoms with E-state index in [1.165, 1.54) is 33.6 Å². The Bertz CT molecular complexity index is 1080. The highest BCUT2D eigenvalue weighted by molar-refractivity contribution is 7.10. The number of carbonyl (C=O) groups excluding carboxylic acids is 2. The van der Waals surface area contributed by atoms with E-state index in [1.54, 1.807) is 24.6 Å². The summed E-state index contributed by atoms with van der Waals surface area (Å²) in [5.41, 5.74) is 6.60. The lowest BCUT2D eigenvalue weighted by molar-refractivity contribution is 0.0520. The number of benzene rings is 2. The summed E-state index contributed by atoms with van der Waals surface area (Å²) in [4.78, 5) is 28.8. The molecular weight excluding hydrogens is 412 g/mol. The van der Waals surface area contributed by atoms with Crippen molar-refractivity contribution < 1.29 is 19.1 Å². The Hall–Kier alpha value is -3.45. The first-order valence-electron chi connectivity index (χ1n) is 10.0. The van der Waals surface area contributed by atoms with Crippen molar-refractivity contribution in [1.29, 1.82) is 0 Å². The smallest absolute Gasteiger partial charge is 0.407 e. The normalized spacial score (nSPS) is 12.4. The Morgan fingerprint density at radius 2 is 1.74 bits per heavy atom. The Morgan fingerprint density at radius 3 is 2.42 bits per heavy atom. The van der Waals surface area contributed by atoms with E-state index in [-0.39, 0.29) is 24.8 Å². The van der Waals surface area contributed by atoms with Crippen molar-refractivity contribution in [3.63, 3.8) is 0 Å². The van der Waals surface area contributed by atoms with Crippen LogP contribution in [0.2, 0.25) is 0 Å². The third kappa shape index (κ3) is 4.51. The van der Waals surface area contributed by atoms with Gasteiger partial charge in [-0.05, 0) is 35.3 Å². The van der Waals surface area contributed by atoms with Crippen LogP contribution in [0.15, 0.2) is 60.1 Å².